The third-order valence-corrected chi connectivity index (χ3v) is 6.33. The van der Waals surface area contributed by atoms with Crippen molar-refractivity contribution in [1.82, 2.24) is 19.4 Å². The number of aromatic nitrogens is 3. The molecular weight excluding hydrogens is 444 g/mol. The van der Waals surface area contributed by atoms with Crippen LogP contribution in [0.1, 0.15) is 28.1 Å². The summed E-state index contributed by atoms with van der Waals surface area (Å²) in [5.74, 6) is 0. The molecule has 0 aliphatic carbocycles. The molecule has 0 fully saturated rings. The van der Waals surface area contributed by atoms with Crippen molar-refractivity contribution >= 4 is 10.8 Å². The molecule has 2 aromatic heterocycles. The quantitative estimate of drug-likeness (QED) is 0.311. The van der Waals surface area contributed by atoms with E-state index in [4.69, 9.17) is 5.26 Å². The third-order valence-electron chi connectivity index (χ3n) is 6.33. The molecule has 0 N–H and O–H groups in total. The first-order chi connectivity index (χ1) is 17.6. The summed E-state index contributed by atoms with van der Waals surface area (Å²) in [7, 11) is 1.99. The second-order valence-electron chi connectivity index (χ2n) is 8.81. The van der Waals surface area contributed by atoms with Crippen LogP contribution in [-0.4, -0.2) is 19.4 Å². The Labute approximate surface area is 210 Å². The molecule has 0 aliphatic rings. The van der Waals surface area contributed by atoms with E-state index in [2.05, 4.69) is 57.3 Å². The molecule has 6 nitrogen and oxygen atoms in total. The van der Waals surface area contributed by atoms with E-state index in [9.17, 15) is 5.26 Å². The highest BCUT2D eigenvalue weighted by Crippen LogP contribution is 2.32. The SMILES string of the molecule is Cn1cncc1CN(Cc1ccc(C#N)c(-c2cccc3ccccc23)c1)Cc1ccc(C#N)cn1. The Hall–Kier alpha value is -4.78. The van der Waals surface area contributed by atoms with Gasteiger partial charge in [-0.2, -0.15) is 10.5 Å². The molecule has 0 saturated heterocycles. The van der Waals surface area contributed by atoms with E-state index in [-0.39, 0.29) is 0 Å². The molecule has 0 radical (unpaired) electrons. The molecule has 5 rings (SSSR count). The molecule has 0 aliphatic heterocycles. The summed E-state index contributed by atoms with van der Waals surface area (Å²) in [5.41, 5.74) is 6.27. The number of pyridine rings is 1. The zero-order valence-corrected chi connectivity index (χ0v) is 20.0. The summed E-state index contributed by atoms with van der Waals surface area (Å²) < 4.78 is 2.01. The summed E-state index contributed by atoms with van der Waals surface area (Å²) in [6.45, 7) is 1.96. The molecule has 0 bridgehead atoms. The number of benzene rings is 3. The molecule has 6 heteroatoms. The van der Waals surface area contributed by atoms with Crippen molar-refractivity contribution in [2.75, 3.05) is 0 Å². The van der Waals surface area contributed by atoms with Gasteiger partial charge >= 0.3 is 0 Å². The fourth-order valence-corrected chi connectivity index (χ4v) is 4.48. The van der Waals surface area contributed by atoms with Gasteiger partial charge in [0.2, 0.25) is 0 Å². The van der Waals surface area contributed by atoms with Gasteiger partial charge in [-0.25, -0.2) is 4.98 Å². The van der Waals surface area contributed by atoms with Gasteiger partial charge in [0.1, 0.15) is 6.07 Å². The maximum absolute atomic E-state index is 9.86. The Balaban J connectivity index is 1.50. The average Bonchev–Trinajstić information content (AvgIpc) is 3.32. The monoisotopic (exact) mass is 468 g/mol. The van der Waals surface area contributed by atoms with Crippen LogP contribution in [-0.2, 0) is 26.7 Å². The van der Waals surface area contributed by atoms with Crippen LogP contribution in [0.3, 0.4) is 0 Å². The van der Waals surface area contributed by atoms with Crippen LogP contribution >= 0.6 is 0 Å². The maximum Gasteiger partial charge on any atom is 0.101 e. The average molecular weight is 469 g/mol. The normalized spacial score (nSPS) is 10.9. The Morgan fingerprint density at radius 2 is 1.69 bits per heavy atom. The van der Waals surface area contributed by atoms with Gasteiger partial charge in [-0.15, -0.1) is 0 Å². The number of hydrogen-bond donors (Lipinski definition) is 0. The number of nitrogens with zero attached hydrogens (tertiary/aromatic N) is 6. The minimum atomic E-state index is 0.545. The molecule has 2 heterocycles. The highest BCUT2D eigenvalue weighted by atomic mass is 15.2. The first kappa shape index (κ1) is 23.0. The van der Waals surface area contributed by atoms with E-state index in [1.807, 2.05) is 54.2 Å². The van der Waals surface area contributed by atoms with Crippen molar-refractivity contribution in [3.05, 3.63) is 120 Å². The second-order valence-corrected chi connectivity index (χ2v) is 8.81. The number of nitriles is 2. The molecule has 0 unspecified atom stereocenters. The number of fused-ring (bicyclic) bond motifs is 1. The highest BCUT2D eigenvalue weighted by molar-refractivity contribution is 5.97. The van der Waals surface area contributed by atoms with E-state index in [1.165, 1.54) is 0 Å². The minimum Gasteiger partial charge on any atom is -0.337 e. The predicted molar refractivity (Wildman–Crippen MR) is 139 cm³/mol. The Morgan fingerprint density at radius 1 is 0.833 bits per heavy atom. The Kier molecular flexibility index (Phi) is 6.53. The molecule has 36 heavy (non-hydrogen) atoms. The van der Waals surface area contributed by atoms with Gasteiger partial charge in [0, 0.05) is 44.6 Å². The topological polar surface area (TPSA) is 81.5 Å². The van der Waals surface area contributed by atoms with E-state index < -0.39 is 0 Å². The second kappa shape index (κ2) is 10.2. The van der Waals surface area contributed by atoms with Crippen molar-refractivity contribution in [3.8, 4) is 23.3 Å². The molecule has 5 aromatic rings. The molecule has 3 aromatic carbocycles. The largest absolute Gasteiger partial charge is 0.337 e. The van der Waals surface area contributed by atoms with Crippen molar-refractivity contribution in [2.45, 2.75) is 19.6 Å². The Bertz CT molecular complexity index is 1600. The van der Waals surface area contributed by atoms with Gasteiger partial charge < -0.3 is 4.57 Å². The van der Waals surface area contributed by atoms with E-state index in [1.54, 1.807) is 18.6 Å². The van der Waals surface area contributed by atoms with Crippen LogP contribution in [0.25, 0.3) is 21.9 Å². The number of hydrogen-bond acceptors (Lipinski definition) is 5. The van der Waals surface area contributed by atoms with Gasteiger partial charge in [-0.05, 0) is 46.2 Å². The molecule has 0 atom stereocenters. The minimum absolute atomic E-state index is 0.545. The lowest BCUT2D eigenvalue weighted by Gasteiger charge is -2.23. The fraction of sp³-hybridized carbons (Fsp3) is 0.133. The first-order valence-corrected chi connectivity index (χ1v) is 11.7. The van der Waals surface area contributed by atoms with Crippen molar-refractivity contribution in [1.29, 1.82) is 10.5 Å². The molecule has 0 amide bonds. The van der Waals surface area contributed by atoms with Crippen molar-refractivity contribution in [2.24, 2.45) is 7.05 Å². The summed E-state index contributed by atoms with van der Waals surface area (Å²) in [6, 6.07) is 28.7. The van der Waals surface area contributed by atoms with Gasteiger partial charge in [-0.3, -0.25) is 9.88 Å². The highest BCUT2D eigenvalue weighted by Gasteiger charge is 2.15. The van der Waals surface area contributed by atoms with Crippen LogP contribution in [0.15, 0.2) is 91.5 Å². The van der Waals surface area contributed by atoms with E-state index in [0.29, 0.717) is 30.8 Å². The standard InChI is InChI=1S/C30H24N6/c1-35-21-33-17-27(35)20-36(19-26-12-10-23(14-31)16-34-26)18-22-9-11-25(15-32)30(13-22)29-8-4-6-24-5-2-3-7-28(24)29/h2-13,16-17,21H,18-20H2,1H3. The van der Waals surface area contributed by atoms with Crippen LogP contribution in [0.4, 0.5) is 0 Å². The van der Waals surface area contributed by atoms with E-state index in [0.717, 1.165) is 38.9 Å². The van der Waals surface area contributed by atoms with Crippen molar-refractivity contribution in [3.63, 3.8) is 0 Å². The summed E-state index contributed by atoms with van der Waals surface area (Å²) >= 11 is 0. The number of rotatable bonds is 7. The lowest BCUT2D eigenvalue weighted by Crippen LogP contribution is -2.24. The molecule has 0 saturated carbocycles. The van der Waals surface area contributed by atoms with Gasteiger partial charge in [-0.1, -0.05) is 48.5 Å². The molecule has 174 valence electrons. The first-order valence-electron chi connectivity index (χ1n) is 11.7. The van der Waals surface area contributed by atoms with Gasteiger partial charge in [0.25, 0.3) is 0 Å². The fourth-order valence-electron chi connectivity index (χ4n) is 4.48. The summed E-state index contributed by atoms with van der Waals surface area (Å²) in [5, 5.41) is 21.2. The molecule has 0 spiro atoms. The summed E-state index contributed by atoms with van der Waals surface area (Å²) in [4.78, 5) is 11.0. The smallest absolute Gasteiger partial charge is 0.101 e. The zero-order valence-electron chi connectivity index (χ0n) is 20.0. The van der Waals surface area contributed by atoms with Crippen LogP contribution in [0.2, 0.25) is 0 Å². The number of aryl methyl sites for hydroxylation is 1. The third kappa shape index (κ3) is 4.86. The number of imidazole rings is 1. The predicted octanol–water partition coefficient (Wildman–Crippen LogP) is 5.58. The lowest BCUT2D eigenvalue weighted by atomic mass is 9.93. The van der Waals surface area contributed by atoms with Crippen LogP contribution in [0, 0.1) is 22.7 Å². The molecular formula is C30H24N6. The maximum atomic E-state index is 9.86. The zero-order chi connectivity index (χ0) is 24.9. The van der Waals surface area contributed by atoms with Gasteiger partial charge in [0.05, 0.1) is 34.9 Å². The van der Waals surface area contributed by atoms with Gasteiger partial charge in [0.15, 0.2) is 0 Å². The lowest BCUT2D eigenvalue weighted by molar-refractivity contribution is 0.239. The van der Waals surface area contributed by atoms with Crippen LogP contribution in [0.5, 0.6) is 0 Å². The summed E-state index contributed by atoms with van der Waals surface area (Å²) in [6.07, 6.45) is 5.28. The van der Waals surface area contributed by atoms with Crippen LogP contribution < -0.4 is 0 Å². The van der Waals surface area contributed by atoms with Crippen molar-refractivity contribution < 1.29 is 0 Å². The Morgan fingerprint density at radius 3 is 2.44 bits per heavy atom. The van der Waals surface area contributed by atoms with E-state index >= 15 is 0 Å².